The molecule has 0 aromatic heterocycles. The number of aromatic hydroxyl groups is 2. The van der Waals surface area contributed by atoms with Gasteiger partial charge >= 0.3 is 0 Å². The average Bonchev–Trinajstić information content (AvgIpc) is 3.33. The van der Waals surface area contributed by atoms with Crippen molar-refractivity contribution in [3.05, 3.63) is 47.1 Å². The van der Waals surface area contributed by atoms with Gasteiger partial charge in [0.1, 0.15) is 11.0 Å². The summed E-state index contributed by atoms with van der Waals surface area (Å²) in [5.41, 5.74) is -8.38. The Bertz CT molecular complexity index is 1590. The molecule has 0 amide bonds. The largest absolute Gasteiger partial charge is 0.504 e. The van der Waals surface area contributed by atoms with Crippen LogP contribution in [-0.4, -0.2) is 60.7 Å². The highest BCUT2D eigenvalue weighted by atomic mass is 16.5. The molecule has 1 saturated heterocycles. The van der Waals surface area contributed by atoms with Gasteiger partial charge in [0.15, 0.2) is 28.8 Å². The summed E-state index contributed by atoms with van der Waals surface area (Å²) in [6, 6.07) is 3.72. The number of rotatable bonds is 7. The molecule has 250 valence electrons. The van der Waals surface area contributed by atoms with E-state index in [2.05, 4.69) is 6.08 Å². The molecule has 8 nitrogen and oxygen atoms in total. The lowest BCUT2D eigenvalue weighted by atomic mass is 9.32. The molecule has 7 rings (SSSR count). The minimum Gasteiger partial charge on any atom is -0.504 e. The monoisotopic (exact) mass is 634 g/mol. The maximum Gasteiger partial charge on any atom is 0.179 e. The zero-order valence-electron chi connectivity index (χ0n) is 28.5. The molecule has 1 aromatic carbocycles. The topological polar surface area (TPSA) is 141 Å². The summed E-state index contributed by atoms with van der Waals surface area (Å²) in [4.78, 5) is 46.3. The summed E-state index contributed by atoms with van der Waals surface area (Å²) >= 11 is 0. The Morgan fingerprint density at radius 2 is 1.63 bits per heavy atom. The van der Waals surface area contributed by atoms with Crippen molar-refractivity contribution in [3.8, 4) is 11.5 Å². The van der Waals surface area contributed by atoms with Gasteiger partial charge in [0, 0.05) is 11.0 Å². The smallest absolute Gasteiger partial charge is 0.179 e. The number of Topliss-reactive ketones (excluding diaryl/α,β-unsaturated/α-hetero) is 3. The SMILES string of the molecule is CC(C)=CC[C@H]1C[C@@]23C[C@H]4C[C@@H](C(C)(C)O)O[C@@]4(C)C[C@]4(C(=O)c5ccc(O)c(O)c5)C(=O)[C@@](CC=C(C)C)(C[C@]1(C)[C@]24O)C3=O. The van der Waals surface area contributed by atoms with Crippen LogP contribution in [0.25, 0.3) is 0 Å². The van der Waals surface area contributed by atoms with E-state index in [1.807, 2.05) is 47.6 Å². The number of ketones is 3. The molecule has 5 bridgehead atoms. The van der Waals surface area contributed by atoms with Crippen molar-refractivity contribution >= 4 is 17.3 Å². The van der Waals surface area contributed by atoms with E-state index in [0.717, 1.165) is 17.2 Å². The van der Waals surface area contributed by atoms with Gasteiger partial charge in [-0.3, -0.25) is 14.4 Å². The molecule has 46 heavy (non-hydrogen) atoms. The zero-order valence-corrected chi connectivity index (χ0v) is 28.5. The molecule has 4 N–H and O–H groups in total. The molecular weight excluding hydrogens is 584 g/mol. The van der Waals surface area contributed by atoms with Gasteiger partial charge in [0.05, 0.1) is 28.1 Å². The Hall–Kier alpha value is -2.81. The number of carbonyl (C=O) groups excluding carboxylic acids is 3. The van der Waals surface area contributed by atoms with Crippen LogP contribution in [0.1, 0.15) is 111 Å². The van der Waals surface area contributed by atoms with E-state index in [-0.39, 0.29) is 48.9 Å². The Labute approximate surface area is 271 Å². The number of fused-ring (bicyclic) bond motifs is 1. The molecule has 8 heteroatoms. The number of phenols is 2. The van der Waals surface area contributed by atoms with Crippen molar-refractivity contribution in [2.45, 2.75) is 123 Å². The van der Waals surface area contributed by atoms with E-state index in [4.69, 9.17) is 4.74 Å². The third kappa shape index (κ3) is 3.87. The summed E-state index contributed by atoms with van der Waals surface area (Å²) in [7, 11) is 0. The van der Waals surface area contributed by atoms with Crippen molar-refractivity contribution in [2.75, 3.05) is 0 Å². The van der Waals surface area contributed by atoms with Crippen molar-refractivity contribution in [2.24, 2.45) is 33.5 Å². The number of hydrogen-bond donors (Lipinski definition) is 4. The normalized spacial score (nSPS) is 42.4. The Morgan fingerprint density at radius 1 is 0.978 bits per heavy atom. The van der Waals surface area contributed by atoms with Crippen molar-refractivity contribution in [1.29, 1.82) is 0 Å². The first kappa shape index (κ1) is 33.1. The molecule has 9 atom stereocenters. The Kier molecular flexibility index (Phi) is 7.10. The molecule has 0 spiro atoms. The minimum absolute atomic E-state index is 0.0208. The van der Waals surface area contributed by atoms with E-state index in [9.17, 15) is 20.4 Å². The summed E-state index contributed by atoms with van der Waals surface area (Å²) < 4.78 is 6.68. The third-order valence-corrected chi connectivity index (χ3v) is 13.1. The Morgan fingerprint density at radius 3 is 2.22 bits per heavy atom. The van der Waals surface area contributed by atoms with E-state index in [1.165, 1.54) is 12.1 Å². The van der Waals surface area contributed by atoms with Gasteiger partial charge in [-0.1, -0.05) is 30.2 Å². The maximum atomic E-state index is 15.6. The van der Waals surface area contributed by atoms with Crippen LogP contribution in [0.5, 0.6) is 11.5 Å². The lowest BCUT2D eigenvalue weighted by molar-refractivity contribution is -0.257. The quantitative estimate of drug-likeness (QED) is 0.124. The second-order valence-electron chi connectivity index (χ2n) is 16.9. The first-order valence-electron chi connectivity index (χ1n) is 16.7. The van der Waals surface area contributed by atoms with Crippen LogP contribution in [0.4, 0.5) is 0 Å². The van der Waals surface area contributed by atoms with Gasteiger partial charge in [-0.15, -0.1) is 0 Å². The van der Waals surface area contributed by atoms with Crippen molar-refractivity contribution < 1.29 is 39.5 Å². The van der Waals surface area contributed by atoms with Gasteiger partial charge in [-0.05, 0) is 123 Å². The van der Waals surface area contributed by atoms with Crippen LogP contribution < -0.4 is 0 Å². The maximum absolute atomic E-state index is 15.6. The highest BCUT2D eigenvalue weighted by Crippen LogP contribution is 2.83. The molecule has 1 heterocycles. The van der Waals surface area contributed by atoms with Gasteiger partial charge in [-0.2, -0.15) is 0 Å². The number of phenolic OH excluding ortho intramolecular Hbond substituents is 2. The summed E-state index contributed by atoms with van der Waals surface area (Å²) in [6.45, 7) is 15.1. The van der Waals surface area contributed by atoms with Crippen molar-refractivity contribution in [1.82, 2.24) is 0 Å². The minimum atomic E-state index is -2.09. The summed E-state index contributed by atoms with van der Waals surface area (Å²) in [6.07, 6.45) is 5.14. The first-order chi connectivity index (χ1) is 21.1. The number of aliphatic hydroxyl groups is 2. The van der Waals surface area contributed by atoms with E-state index < -0.39 is 67.6 Å². The number of allylic oxidation sites excluding steroid dienone is 4. The molecule has 6 fully saturated rings. The van der Waals surface area contributed by atoms with Crippen LogP contribution in [0.3, 0.4) is 0 Å². The second-order valence-corrected chi connectivity index (χ2v) is 16.9. The molecule has 1 aliphatic heterocycles. The fraction of sp³-hybridized carbons (Fsp3) is 0.658. The predicted octanol–water partition coefficient (Wildman–Crippen LogP) is 5.99. The van der Waals surface area contributed by atoms with Crippen LogP contribution in [0.2, 0.25) is 0 Å². The van der Waals surface area contributed by atoms with Gasteiger partial charge in [-0.25, -0.2) is 0 Å². The van der Waals surface area contributed by atoms with E-state index in [1.54, 1.807) is 13.8 Å². The van der Waals surface area contributed by atoms with Gasteiger partial charge in [0.2, 0.25) is 0 Å². The van der Waals surface area contributed by atoms with Crippen LogP contribution in [0.15, 0.2) is 41.5 Å². The zero-order chi connectivity index (χ0) is 34.0. The lowest BCUT2D eigenvalue weighted by Gasteiger charge is -2.69. The molecule has 0 unspecified atom stereocenters. The van der Waals surface area contributed by atoms with Crippen LogP contribution in [0, 0.1) is 33.5 Å². The molecule has 6 aliphatic rings. The fourth-order valence-electron chi connectivity index (χ4n) is 11.0. The molecular formula is C38H50O8. The summed E-state index contributed by atoms with van der Waals surface area (Å²) in [5, 5.41) is 45.5. The van der Waals surface area contributed by atoms with Crippen LogP contribution in [-0.2, 0) is 14.3 Å². The fourth-order valence-corrected chi connectivity index (χ4v) is 11.0. The molecule has 0 radical (unpaired) electrons. The number of hydrogen-bond acceptors (Lipinski definition) is 8. The number of carbonyl (C=O) groups is 3. The lowest BCUT2D eigenvalue weighted by Crippen LogP contribution is -2.83. The van der Waals surface area contributed by atoms with Gasteiger partial charge < -0.3 is 25.2 Å². The van der Waals surface area contributed by atoms with Crippen LogP contribution >= 0.6 is 0 Å². The standard InChI is InChI=1S/C38H50O8/c1-21(2)9-11-24-17-36-18-25-16-28(32(5,6)44)46-34(25,8)20-37(29(41)23-10-12-26(39)27(40)15-23)31(43)35(30(36)42,14-13-22(3)4)19-33(24,7)38(36,37)45/h9-10,12-13,15,24-25,28,39-40,44-45H,11,14,16-20H2,1-8H3/t24-,25+,28-,33-,34-,35-,36-,37-,38-/m0/s1. The third-order valence-electron chi connectivity index (χ3n) is 13.1. The average molecular weight is 635 g/mol. The second kappa shape index (κ2) is 9.86. The highest BCUT2D eigenvalue weighted by molar-refractivity contribution is 6.27. The van der Waals surface area contributed by atoms with Gasteiger partial charge in [0.25, 0.3) is 0 Å². The van der Waals surface area contributed by atoms with Crippen molar-refractivity contribution in [3.63, 3.8) is 0 Å². The first-order valence-corrected chi connectivity index (χ1v) is 16.7. The highest BCUT2D eigenvalue weighted by Gasteiger charge is 2.93. The van der Waals surface area contributed by atoms with E-state index in [0.29, 0.717) is 19.3 Å². The molecule has 1 aromatic rings. The van der Waals surface area contributed by atoms with E-state index >= 15 is 14.4 Å². The number of benzene rings is 1. The molecule has 5 saturated carbocycles. The summed E-state index contributed by atoms with van der Waals surface area (Å²) in [5.74, 6) is -2.94. The Balaban J connectivity index is 1.70. The molecule has 5 aliphatic carbocycles. The number of ether oxygens (including phenoxy) is 1. The predicted molar refractivity (Wildman–Crippen MR) is 172 cm³/mol.